The lowest BCUT2D eigenvalue weighted by Crippen LogP contribution is -2.27. The number of ether oxygens (including phenoxy) is 1. The molecule has 9 heteroatoms. The zero-order valence-corrected chi connectivity index (χ0v) is 25.1. The lowest BCUT2D eigenvalue weighted by Gasteiger charge is -2.17. The number of nitrogens with one attached hydrogen (secondary N) is 2. The predicted octanol–water partition coefficient (Wildman–Crippen LogP) is 7.31. The molecule has 218 valence electrons. The Morgan fingerprint density at radius 2 is 2.10 bits per heavy atom. The average Bonchev–Trinajstić information content (AvgIpc) is 3.70. The summed E-state index contributed by atoms with van der Waals surface area (Å²) in [6.45, 7) is 9.95. The van der Waals surface area contributed by atoms with Gasteiger partial charge in [0.2, 0.25) is 0 Å². The maximum absolute atomic E-state index is 16.2. The summed E-state index contributed by atoms with van der Waals surface area (Å²) in [4.78, 5) is 9.15. The quantitative estimate of drug-likeness (QED) is 0.149. The highest BCUT2D eigenvalue weighted by Gasteiger charge is 2.30. The minimum atomic E-state index is -0.463. The van der Waals surface area contributed by atoms with Crippen LogP contribution in [0.4, 0.5) is 10.2 Å². The summed E-state index contributed by atoms with van der Waals surface area (Å²) < 4.78 is 22.2. The van der Waals surface area contributed by atoms with E-state index in [0.717, 1.165) is 57.1 Å². The van der Waals surface area contributed by atoms with E-state index in [9.17, 15) is 0 Å². The molecule has 0 bridgehead atoms. The molecule has 2 saturated carbocycles. The minimum absolute atomic E-state index is 0.152. The Morgan fingerprint density at radius 1 is 1.30 bits per heavy atom. The van der Waals surface area contributed by atoms with Crippen LogP contribution >= 0.6 is 23.2 Å². The van der Waals surface area contributed by atoms with Crippen LogP contribution in [0.3, 0.4) is 0 Å². The topological polar surface area (TPSA) is 85.1 Å². The van der Waals surface area contributed by atoms with Gasteiger partial charge in [-0.3, -0.25) is 0 Å². The Labute approximate surface area is 247 Å². The fourth-order valence-corrected chi connectivity index (χ4v) is 5.70. The van der Waals surface area contributed by atoms with Gasteiger partial charge in [0.15, 0.2) is 5.82 Å². The Kier molecular flexibility index (Phi) is 11.2. The van der Waals surface area contributed by atoms with Gasteiger partial charge < -0.3 is 21.1 Å². The van der Waals surface area contributed by atoms with Crippen molar-refractivity contribution in [1.82, 2.24) is 15.3 Å². The fraction of sp³-hybridized carbons (Fsp3) is 0.548. The standard InChI is InChI=1S/C31H42Cl2FN5O/c1-4-6-8-26(32)23(21-10-11-21)16-24-27(33)17-25-29(28(24)34)38-31(40-14-7-13-36-19(3)5-2)39-30(25)37-18-20-9-12-22(35)15-20/h4,6,8,17,19-22,36H,1,5,7,9-16,18,35H2,2-3H3,(H,37,38,39)/b8-6-,26-23-. The first-order chi connectivity index (χ1) is 19.3. The molecule has 0 radical (unpaired) electrons. The second-order valence-corrected chi connectivity index (χ2v) is 11.9. The lowest BCUT2D eigenvalue weighted by molar-refractivity contribution is 0.283. The molecule has 3 unspecified atom stereocenters. The third-order valence-corrected chi connectivity index (χ3v) is 8.58. The van der Waals surface area contributed by atoms with Crippen LogP contribution in [-0.4, -0.2) is 41.7 Å². The Bertz CT molecular complexity index is 1250. The number of nitrogens with zero attached hydrogens (tertiary/aromatic N) is 2. The lowest BCUT2D eigenvalue weighted by atomic mass is 9.98. The monoisotopic (exact) mass is 589 g/mol. The van der Waals surface area contributed by atoms with Gasteiger partial charge in [-0.25, -0.2) is 4.39 Å². The van der Waals surface area contributed by atoms with Crippen molar-refractivity contribution in [1.29, 1.82) is 0 Å². The summed E-state index contributed by atoms with van der Waals surface area (Å²) >= 11 is 13.3. The van der Waals surface area contributed by atoms with Gasteiger partial charge in [0, 0.05) is 39.6 Å². The molecule has 1 aromatic heterocycles. The summed E-state index contributed by atoms with van der Waals surface area (Å²) in [7, 11) is 0. The molecule has 0 spiro atoms. The second-order valence-electron chi connectivity index (χ2n) is 11.1. The molecule has 4 rings (SSSR count). The van der Waals surface area contributed by atoms with Crippen LogP contribution in [0.25, 0.3) is 10.9 Å². The molecule has 2 aliphatic rings. The van der Waals surface area contributed by atoms with Crippen LogP contribution in [0.2, 0.25) is 5.02 Å². The van der Waals surface area contributed by atoms with Crippen LogP contribution in [-0.2, 0) is 6.42 Å². The number of halogens is 3. The number of hydrogen-bond donors (Lipinski definition) is 3. The molecule has 1 aromatic carbocycles. The van der Waals surface area contributed by atoms with Gasteiger partial charge in [0.05, 0.1) is 6.61 Å². The van der Waals surface area contributed by atoms with Gasteiger partial charge in [0.25, 0.3) is 0 Å². The van der Waals surface area contributed by atoms with Crippen molar-refractivity contribution in [3.63, 3.8) is 0 Å². The van der Waals surface area contributed by atoms with Crippen molar-refractivity contribution in [2.24, 2.45) is 17.6 Å². The van der Waals surface area contributed by atoms with Crippen LogP contribution in [0, 0.1) is 17.7 Å². The maximum atomic E-state index is 16.2. The third-order valence-electron chi connectivity index (χ3n) is 7.88. The van der Waals surface area contributed by atoms with Gasteiger partial charge in [-0.1, -0.05) is 48.9 Å². The zero-order valence-electron chi connectivity index (χ0n) is 23.6. The molecule has 4 N–H and O–H groups in total. The molecule has 2 aliphatic carbocycles. The van der Waals surface area contributed by atoms with Crippen molar-refractivity contribution in [3.05, 3.63) is 57.9 Å². The number of hydrogen-bond acceptors (Lipinski definition) is 6. The van der Waals surface area contributed by atoms with Crippen molar-refractivity contribution in [2.75, 3.05) is 25.0 Å². The number of nitrogens with two attached hydrogens (primary N) is 1. The van der Waals surface area contributed by atoms with Gasteiger partial charge in [-0.05, 0) is 94.4 Å². The molecule has 0 saturated heterocycles. The molecular weight excluding hydrogens is 548 g/mol. The first-order valence-electron chi connectivity index (χ1n) is 14.5. The van der Waals surface area contributed by atoms with Crippen molar-refractivity contribution >= 4 is 39.9 Å². The number of anilines is 1. The molecule has 0 amide bonds. The minimum Gasteiger partial charge on any atom is -0.463 e. The summed E-state index contributed by atoms with van der Waals surface area (Å²) in [5.74, 6) is 0.828. The van der Waals surface area contributed by atoms with E-state index in [0.29, 0.717) is 64.3 Å². The van der Waals surface area contributed by atoms with Crippen LogP contribution < -0.4 is 21.1 Å². The first-order valence-corrected chi connectivity index (χ1v) is 15.3. The molecular formula is C31H42Cl2FN5O. The molecule has 6 nitrogen and oxygen atoms in total. The smallest absolute Gasteiger partial charge is 0.319 e. The molecule has 1 heterocycles. The fourth-order valence-electron chi connectivity index (χ4n) is 5.15. The van der Waals surface area contributed by atoms with Gasteiger partial charge in [-0.2, -0.15) is 9.97 Å². The Hall–Kier alpha value is -2.19. The number of fused-ring (bicyclic) bond motifs is 1. The van der Waals surface area contributed by atoms with Gasteiger partial charge in [-0.15, -0.1) is 0 Å². The molecule has 0 aliphatic heterocycles. The largest absolute Gasteiger partial charge is 0.463 e. The normalized spacial score (nSPS) is 20.6. The van der Waals surface area contributed by atoms with Crippen molar-refractivity contribution in [2.45, 2.75) is 77.3 Å². The van der Waals surface area contributed by atoms with E-state index in [1.807, 2.05) is 0 Å². The molecule has 2 fully saturated rings. The third kappa shape index (κ3) is 8.19. The van der Waals surface area contributed by atoms with Crippen molar-refractivity contribution in [3.8, 4) is 6.01 Å². The van der Waals surface area contributed by atoms with Crippen LogP contribution in [0.1, 0.15) is 64.4 Å². The van der Waals surface area contributed by atoms with Crippen molar-refractivity contribution < 1.29 is 9.13 Å². The Morgan fingerprint density at radius 3 is 2.77 bits per heavy atom. The van der Waals surface area contributed by atoms with Crippen LogP contribution in [0.15, 0.2) is 41.5 Å². The average molecular weight is 591 g/mol. The SMILES string of the molecule is C=C/C=C\C(Cl)=C(/Cc1c(Cl)cc2c(NCC3CCC(N)C3)nc(OCCCNC(C)CC)nc2c1F)C1CC1. The van der Waals surface area contributed by atoms with Crippen LogP contribution in [0.5, 0.6) is 6.01 Å². The summed E-state index contributed by atoms with van der Waals surface area (Å²) in [6.07, 6.45) is 12.5. The highest BCUT2D eigenvalue weighted by Crippen LogP contribution is 2.43. The van der Waals surface area contributed by atoms with Gasteiger partial charge >= 0.3 is 6.01 Å². The molecule has 40 heavy (non-hydrogen) atoms. The first kappa shape index (κ1) is 30.8. The van der Waals surface area contributed by atoms with E-state index in [4.69, 9.17) is 33.7 Å². The van der Waals surface area contributed by atoms with E-state index in [1.54, 1.807) is 24.3 Å². The molecule has 2 aromatic rings. The number of rotatable bonds is 15. The summed E-state index contributed by atoms with van der Waals surface area (Å²) in [5, 5.41) is 8.35. The highest BCUT2D eigenvalue weighted by atomic mass is 35.5. The Balaban J connectivity index is 1.63. The molecule has 3 atom stereocenters. The number of aromatic nitrogens is 2. The van der Waals surface area contributed by atoms with E-state index in [-0.39, 0.29) is 17.6 Å². The maximum Gasteiger partial charge on any atom is 0.319 e. The van der Waals surface area contributed by atoms with Gasteiger partial charge in [0.1, 0.15) is 11.3 Å². The number of allylic oxidation sites excluding steroid dienone is 5. The highest BCUT2D eigenvalue weighted by molar-refractivity contribution is 6.33. The van der Waals surface area contributed by atoms with E-state index in [2.05, 4.69) is 41.0 Å². The summed E-state index contributed by atoms with van der Waals surface area (Å²) in [5.41, 5.74) is 7.68. The van der Waals surface area contributed by atoms with E-state index >= 15 is 4.39 Å². The summed E-state index contributed by atoms with van der Waals surface area (Å²) in [6, 6.07) is 2.59. The zero-order chi connectivity index (χ0) is 28.6. The van der Waals surface area contributed by atoms with E-state index in [1.165, 1.54) is 0 Å². The second kappa shape index (κ2) is 14.6. The number of benzene rings is 1. The predicted molar refractivity (Wildman–Crippen MR) is 165 cm³/mol. The van der Waals surface area contributed by atoms with E-state index < -0.39 is 5.82 Å².